The maximum Gasteiger partial charge on any atom is 0.263 e. The molecule has 0 saturated carbocycles. The van der Waals surface area contributed by atoms with Gasteiger partial charge in [0.25, 0.3) is 5.56 Å². The first-order valence-corrected chi connectivity index (χ1v) is 12.3. The number of rotatable bonds is 7. The van der Waals surface area contributed by atoms with Gasteiger partial charge in [-0.15, -0.1) is 0 Å². The van der Waals surface area contributed by atoms with E-state index in [2.05, 4.69) is 42.6 Å². The number of aromatic nitrogens is 3. The van der Waals surface area contributed by atoms with Crippen LogP contribution in [-0.2, 0) is 9.47 Å². The third kappa shape index (κ3) is 5.97. The minimum atomic E-state index is -0.425. The average Bonchev–Trinajstić information content (AvgIpc) is 3.24. The number of ether oxygens (including phenoxy) is 2. The summed E-state index contributed by atoms with van der Waals surface area (Å²) >= 11 is 0. The normalized spacial score (nSPS) is 21.4. The summed E-state index contributed by atoms with van der Waals surface area (Å²) in [5.41, 5.74) is 11.8. The molecule has 9 nitrogen and oxygen atoms in total. The first kappa shape index (κ1) is 24.0. The standard InChI is InChI=1S/C20H29N5O4S2/c1-20(2,3)31-30-11-28-14-9-15(29-13(14)6-8-26)25-10-12(5-4-7-21)16-17(25)23-19(22)24-18(16)27/h10,13-15,26H,6-9,11,21H2,1-3H3,(H3,22,23,24,27)/t13?,14-,15-/m1/s1. The van der Waals surface area contributed by atoms with Crippen molar-refractivity contribution in [2.75, 3.05) is 24.8 Å². The van der Waals surface area contributed by atoms with E-state index in [1.807, 2.05) is 0 Å². The number of aliphatic hydroxyl groups excluding tert-OH is 1. The second-order valence-electron chi connectivity index (χ2n) is 8.12. The molecule has 2 aromatic rings. The van der Waals surface area contributed by atoms with E-state index in [1.54, 1.807) is 32.4 Å². The van der Waals surface area contributed by atoms with Crippen LogP contribution in [0.25, 0.3) is 11.0 Å². The van der Waals surface area contributed by atoms with Gasteiger partial charge in [-0.05, 0) is 6.42 Å². The third-order valence-corrected chi connectivity index (χ3v) is 7.56. The van der Waals surface area contributed by atoms with Crippen molar-refractivity contribution in [3.8, 4) is 11.8 Å². The number of anilines is 1. The van der Waals surface area contributed by atoms with Crippen LogP contribution in [0.4, 0.5) is 5.95 Å². The molecule has 6 N–H and O–H groups in total. The van der Waals surface area contributed by atoms with Gasteiger partial charge in [-0.1, -0.05) is 54.2 Å². The highest BCUT2D eigenvalue weighted by molar-refractivity contribution is 8.77. The Hall–Kier alpha value is -1.68. The molecule has 0 aliphatic carbocycles. The van der Waals surface area contributed by atoms with Crippen LogP contribution in [-0.4, -0.2) is 55.7 Å². The number of nitrogen functional groups attached to an aromatic ring is 1. The fourth-order valence-corrected chi connectivity index (χ4v) is 5.38. The van der Waals surface area contributed by atoms with Crippen LogP contribution in [0.1, 0.15) is 45.4 Å². The van der Waals surface area contributed by atoms with Gasteiger partial charge in [-0.3, -0.25) is 9.78 Å². The lowest BCUT2D eigenvalue weighted by atomic mass is 10.1. The Labute approximate surface area is 189 Å². The number of aliphatic hydroxyl groups is 1. The van der Waals surface area contributed by atoms with Gasteiger partial charge in [0.05, 0.1) is 29.7 Å². The largest absolute Gasteiger partial charge is 0.396 e. The monoisotopic (exact) mass is 467 g/mol. The zero-order valence-electron chi connectivity index (χ0n) is 17.9. The Kier molecular flexibility index (Phi) is 7.96. The summed E-state index contributed by atoms with van der Waals surface area (Å²) in [5.74, 6) is 6.23. The van der Waals surface area contributed by atoms with E-state index in [4.69, 9.17) is 20.9 Å². The molecule has 31 heavy (non-hydrogen) atoms. The lowest BCUT2D eigenvalue weighted by Gasteiger charge is -2.20. The molecular formula is C20H29N5O4S2. The van der Waals surface area contributed by atoms with Gasteiger partial charge >= 0.3 is 0 Å². The Morgan fingerprint density at radius 3 is 2.94 bits per heavy atom. The second kappa shape index (κ2) is 10.3. The highest BCUT2D eigenvalue weighted by Gasteiger charge is 2.37. The average molecular weight is 468 g/mol. The maximum atomic E-state index is 12.5. The summed E-state index contributed by atoms with van der Waals surface area (Å²) in [6.07, 6.45) is 1.85. The van der Waals surface area contributed by atoms with Crippen LogP contribution in [0, 0.1) is 11.8 Å². The molecule has 170 valence electrons. The summed E-state index contributed by atoms with van der Waals surface area (Å²) in [4.78, 5) is 19.3. The molecule has 0 aromatic carbocycles. The molecule has 0 bridgehead atoms. The van der Waals surface area contributed by atoms with Gasteiger partial charge in [0.15, 0.2) is 5.65 Å². The highest BCUT2D eigenvalue weighted by Crippen LogP contribution is 2.38. The molecule has 1 unspecified atom stereocenters. The molecule has 3 heterocycles. The summed E-state index contributed by atoms with van der Waals surface area (Å²) < 4.78 is 14.2. The first-order chi connectivity index (χ1) is 14.7. The van der Waals surface area contributed by atoms with Gasteiger partial charge < -0.3 is 30.6 Å². The summed E-state index contributed by atoms with van der Waals surface area (Å²) in [6.45, 7) is 6.61. The van der Waals surface area contributed by atoms with E-state index in [0.29, 0.717) is 35.4 Å². The van der Waals surface area contributed by atoms with E-state index >= 15 is 0 Å². The van der Waals surface area contributed by atoms with Crippen LogP contribution in [0.3, 0.4) is 0 Å². The molecule has 1 aliphatic rings. The molecular weight excluding hydrogens is 438 g/mol. The van der Waals surface area contributed by atoms with Crippen molar-refractivity contribution in [2.24, 2.45) is 5.73 Å². The minimum Gasteiger partial charge on any atom is -0.396 e. The van der Waals surface area contributed by atoms with Gasteiger partial charge in [-0.2, -0.15) is 4.98 Å². The molecule has 1 fully saturated rings. The lowest BCUT2D eigenvalue weighted by molar-refractivity contribution is -0.0382. The number of aromatic amines is 1. The zero-order valence-corrected chi connectivity index (χ0v) is 19.5. The van der Waals surface area contributed by atoms with Crippen molar-refractivity contribution < 1.29 is 14.6 Å². The fourth-order valence-electron chi connectivity index (χ4n) is 3.38. The molecule has 1 saturated heterocycles. The molecule has 3 atom stereocenters. The van der Waals surface area contributed by atoms with E-state index in [9.17, 15) is 9.90 Å². The van der Waals surface area contributed by atoms with Gasteiger partial charge in [-0.25, -0.2) is 0 Å². The number of hydrogen-bond acceptors (Lipinski definition) is 9. The van der Waals surface area contributed by atoms with Crippen LogP contribution >= 0.6 is 21.6 Å². The van der Waals surface area contributed by atoms with Crippen LogP contribution in [0.5, 0.6) is 0 Å². The molecule has 1 aliphatic heterocycles. The molecule has 0 spiro atoms. The number of nitrogens with two attached hydrogens (primary N) is 2. The number of fused-ring (bicyclic) bond motifs is 1. The predicted molar refractivity (Wildman–Crippen MR) is 126 cm³/mol. The van der Waals surface area contributed by atoms with Crippen molar-refractivity contribution in [3.05, 3.63) is 22.1 Å². The summed E-state index contributed by atoms with van der Waals surface area (Å²) in [5, 5.41) is 9.82. The van der Waals surface area contributed by atoms with Gasteiger partial charge in [0.2, 0.25) is 5.95 Å². The summed E-state index contributed by atoms with van der Waals surface area (Å²) in [6, 6.07) is 0. The summed E-state index contributed by atoms with van der Waals surface area (Å²) in [7, 11) is 3.40. The van der Waals surface area contributed by atoms with E-state index in [0.717, 1.165) is 0 Å². The quantitative estimate of drug-likeness (QED) is 0.208. The molecule has 0 radical (unpaired) electrons. The van der Waals surface area contributed by atoms with Crippen LogP contribution in [0.15, 0.2) is 11.0 Å². The SMILES string of the molecule is CC(C)(C)SSCO[C@@H]1C[C@H](n2cc(C#CCN)c3c(=O)[nH]c(N)nc32)OC1CCO. The number of hydrogen-bond donors (Lipinski definition) is 4. The smallest absolute Gasteiger partial charge is 0.263 e. The third-order valence-electron chi connectivity index (χ3n) is 4.57. The molecule has 0 amide bonds. The van der Waals surface area contributed by atoms with Crippen LogP contribution < -0.4 is 17.0 Å². The van der Waals surface area contributed by atoms with Gasteiger partial charge in [0.1, 0.15) is 12.2 Å². The highest BCUT2D eigenvalue weighted by atomic mass is 33.1. The lowest BCUT2D eigenvalue weighted by Crippen LogP contribution is -2.25. The topological polar surface area (TPSA) is 141 Å². The van der Waals surface area contributed by atoms with E-state index in [-0.39, 0.29) is 41.6 Å². The van der Waals surface area contributed by atoms with E-state index < -0.39 is 6.23 Å². The van der Waals surface area contributed by atoms with Crippen molar-refractivity contribution in [2.45, 2.75) is 56.8 Å². The second-order valence-corrected chi connectivity index (χ2v) is 11.2. The van der Waals surface area contributed by atoms with Gasteiger partial charge in [0, 0.05) is 24.0 Å². The van der Waals surface area contributed by atoms with Crippen molar-refractivity contribution in [1.82, 2.24) is 14.5 Å². The Morgan fingerprint density at radius 1 is 1.48 bits per heavy atom. The molecule has 11 heteroatoms. The number of nitrogens with zero attached hydrogens (tertiary/aromatic N) is 2. The van der Waals surface area contributed by atoms with Crippen molar-refractivity contribution >= 4 is 38.6 Å². The van der Waals surface area contributed by atoms with Crippen molar-refractivity contribution in [1.29, 1.82) is 0 Å². The van der Waals surface area contributed by atoms with Crippen LogP contribution in [0.2, 0.25) is 0 Å². The Balaban J connectivity index is 1.85. The number of nitrogens with one attached hydrogen (secondary N) is 1. The van der Waals surface area contributed by atoms with E-state index in [1.165, 1.54) is 0 Å². The molecule has 3 rings (SSSR count). The minimum absolute atomic E-state index is 0.00828. The molecule has 2 aromatic heterocycles. The Bertz CT molecular complexity index is 1020. The van der Waals surface area contributed by atoms with Crippen molar-refractivity contribution in [3.63, 3.8) is 0 Å². The first-order valence-electron chi connectivity index (χ1n) is 10.0. The fraction of sp³-hybridized carbons (Fsp3) is 0.600. The predicted octanol–water partition coefficient (Wildman–Crippen LogP) is 1.81. The number of H-pyrrole nitrogens is 1. The maximum absolute atomic E-state index is 12.5. The zero-order chi connectivity index (χ0) is 22.6. The Morgan fingerprint density at radius 2 is 2.26 bits per heavy atom.